The molecule has 1 rings (SSSR count). The molecule has 0 saturated carbocycles. The lowest BCUT2D eigenvalue weighted by Crippen LogP contribution is -2.38. The molecule has 0 aliphatic rings. The van der Waals surface area contributed by atoms with Crippen molar-refractivity contribution in [1.82, 2.24) is 5.32 Å². The number of carbonyl (C=O) groups is 2. The van der Waals surface area contributed by atoms with Gasteiger partial charge in [-0.15, -0.1) is 0 Å². The zero-order valence-corrected chi connectivity index (χ0v) is 11.9. The van der Waals surface area contributed by atoms with Crippen LogP contribution in [0.5, 0.6) is 5.75 Å². The van der Waals surface area contributed by atoms with E-state index in [4.69, 9.17) is 4.74 Å². The third-order valence-corrected chi connectivity index (χ3v) is 2.62. The average molecular weight is 263 g/mol. The van der Waals surface area contributed by atoms with E-state index in [0.717, 1.165) is 0 Å². The van der Waals surface area contributed by atoms with Gasteiger partial charge in [0.1, 0.15) is 5.75 Å². The summed E-state index contributed by atoms with van der Waals surface area (Å²) in [7, 11) is 0. The summed E-state index contributed by atoms with van der Waals surface area (Å²) in [5.41, 5.74) is 0.492. The minimum absolute atomic E-state index is 0.0783. The Hall–Kier alpha value is -1.84. The van der Waals surface area contributed by atoms with Gasteiger partial charge in [0.05, 0.1) is 5.56 Å². The third-order valence-electron chi connectivity index (χ3n) is 2.62. The van der Waals surface area contributed by atoms with Crippen LogP contribution in [0.2, 0.25) is 0 Å². The predicted octanol–water partition coefficient (Wildman–Crippen LogP) is 2.43. The maximum atomic E-state index is 11.8. The number of hydrogen-bond donors (Lipinski definition) is 1. The average Bonchev–Trinajstić information content (AvgIpc) is 2.36. The number of rotatable bonds is 6. The molecule has 1 aromatic carbocycles. The van der Waals surface area contributed by atoms with Gasteiger partial charge in [-0.1, -0.05) is 26.0 Å². The summed E-state index contributed by atoms with van der Waals surface area (Å²) in [5.74, 6) is 0.584. The molecule has 0 aliphatic heterocycles. The molecule has 0 aliphatic carbocycles. The number of ether oxygens (including phenoxy) is 1. The first-order valence-electron chi connectivity index (χ1n) is 6.46. The van der Waals surface area contributed by atoms with Crippen molar-refractivity contribution < 1.29 is 14.3 Å². The van der Waals surface area contributed by atoms with Gasteiger partial charge < -0.3 is 10.1 Å². The van der Waals surface area contributed by atoms with E-state index in [0.29, 0.717) is 23.8 Å². The van der Waals surface area contributed by atoms with Gasteiger partial charge in [-0.2, -0.15) is 0 Å². The van der Waals surface area contributed by atoms with Crippen molar-refractivity contribution in [2.75, 3.05) is 6.54 Å². The van der Waals surface area contributed by atoms with Crippen molar-refractivity contribution in [3.8, 4) is 5.75 Å². The highest BCUT2D eigenvalue weighted by Gasteiger charge is 2.17. The van der Waals surface area contributed by atoms with Crippen molar-refractivity contribution in [1.29, 1.82) is 0 Å². The van der Waals surface area contributed by atoms with Crippen LogP contribution in [0.25, 0.3) is 0 Å². The normalized spacial score (nSPS) is 12.1. The first-order valence-corrected chi connectivity index (χ1v) is 6.46. The number of carbonyl (C=O) groups excluding carboxylic acids is 2. The van der Waals surface area contributed by atoms with Crippen molar-refractivity contribution in [2.24, 2.45) is 5.92 Å². The van der Waals surface area contributed by atoms with Gasteiger partial charge in [0.15, 0.2) is 11.9 Å². The summed E-state index contributed by atoms with van der Waals surface area (Å²) >= 11 is 0. The van der Waals surface area contributed by atoms with Crippen molar-refractivity contribution in [3.63, 3.8) is 0 Å². The van der Waals surface area contributed by atoms with Crippen LogP contribution in [0.15, 0.2) is 24.3 Å². The van der Waals surface area contributed by atoms with Gasteiger partial charge in [-0.3, -0.25) is 9.59 Å². The van der Waals surface area contributed by atoms with Crippen LogP contribution in [0, 0.1) is 5.92 Å². The van der Waals surface area contributed by atoms with Gasteiger partial charge in [-0.05, 0) is 31.9 Å². The second-order valence-electron chi connectivity index (χ2n) is 4.95. The van der Waals surface area contributed by atoms with Crippen LogP contribution in [-0.2, 0) is 4.79 Å². The van der Waals surface area contributed by atoms with Crippen LogP contribution in [0.4, 0.5) is 0 Å². The molecule has 0 fully saturated rings. The van der Waals surface area contributed by atoms with Crippen LogP contribution in [0.1, 0.15) is 38.1 Å². The van der Waals surface area contributed by atoms with Crippen LogP contribution >= 0.6 is 0 Å². The Labute approximate surface area is 114 Å². The first kappa shape index (κ1) is 15.2. The van der Waals surface area contributed by atoms with E-state index in [1.54, 1.807) is 31.2 Å². The maximum Gasteiger partial charge on any atom is 0.260 e. The highest BCUT2D eigenvalue weighted by Crippen LogP contribution is 2.19. The third kappa shape index (κ3) is 4.73. The first-order chi connectivity index (χ1) is 8.91. The summed E-state index contributed by atoms with van der Waals surface area (Å²) in [6.07, 6.45) is -0.626. The molecule has 0 radical (unpaired) electrons. The fourth-order valence-electron chi connectivity index (χ4n) is 1.55. The summed E-state index contributed by atoms with van der Waals surface area (Å²) in [5, 5.41) is 2.80. The lowest BCUT2D eigenvalue weighted by molar-refractivity contribution is -0.127. The van der Waals surface area contributed by atoms with E-state index >= 15 is 0 Å². The quantitative estimate of drug-likeness (QED) is 0.802. The molecule has 0 bridgehead atoms. The van der Waals surface area contributed by atoms with Crippen LogP contribution in [0.3, 0.4) is 0 Å². The molecule has 0 aromatic heterocycles. The number of hydrogen-bond acceptors (Lipinski definition) is 3. The molecule has 104 valence electrons. The van der Waals surface area contributed by atoms with Gasteiger partial charge >= 0.3 is 0 Å². The number of benzene rings is 1. The topological polar surface area (TPSA) is 55.4 Å². The molecule has 4 nitrogen and oxygen atoms in total. The van der Waals surface area contributed by atoms with E-state index in [1.807, 2.05) is 13.8 Å². The van der Waals surface area contributed by atoms with Gasteiger partial charge in [-0.25, -0.2) is 0 Å². The molecule has 1 amide bonds. The lowest BCUT2D eigenvalue weighted by Gasteiger charge is -2.17. The Bertz CT molecular complexity index is 454. The molecule has 1 atom stereocenters. The van der Waals surface area contributed by atoms with E-state index in [2.05, 4.69) is 5.32 Å². The van der Waals surface area contributed by atoms with Crippen molar-refractivity contribution in [3.05, 3.63) is 29.8 Å². The highest BCUT2D eigenvalue weighted by molar-refractivity contribution is 5.96. The molecule has 19 heavy (non-hydrogen) atoms. The minimum Gasteiger partial charge on any atom is -0.480 e. The predicted molar refractivity (Wildman–Crippen MR) is 74.4 cm³/mol. The number of para-hydroxylation sites is 1. The monoisotopic (exact) mass is 263 g/mol. The number of amides is 1. The summed E-state index contributed by atoms with van der Waals surface area (Å²) < 4.78 is 5.57. The van der Waals surface area contributed by atoms with E-state index in [9.17, 15) is 9.59 Å². The standard InChI is InChI=1S/C15H21NO3/c1-10(2)9-16-15(18)12(4)19-14-8-6-5-7-13(14)11(3)17/h5-8,10,12H,9H2,1-4H3,(H,16,18). The highest BCUT2D eigenvalue weighted by atomic mass is 16.5. The summed E-state index contributed by atoms with van der Waals surface area (Å²) in [6.45, 7) is 7.81. The Morgan fingerprint density at radius 3 is 2.42 bits per heavy atom. The fraction of sp³-hybridized carbons (Fsp3) is 0.467. The zero-order chi connectivity index (χ0) is 14.4. The molecular formula is C15H21NO3. The second kappa shape index (κ2) is 6.92. The van der Waals surface area contributed by atoms with Crippen molar-refractivity contribution >= 4 is 11.7 Å². The Kier molecular flexibility index (Phi) is 5.55. The fourth-order valence-corrected chi connectivity index (χ4v) is 1.55. The van der Waals surface area contributed by atoms with Gasteiger partial charge in [0.25, 0.3) is 5.91 Å². The molecular weight excluding hydrogens is 242 g/mol. The number of nitrogens with one attached hydrogen (secondary N) is 1. The van der Waals surface area contributed by atoms with Crippen LogP contribution in [-0.4, -0.2) is 24.3 Å². The Morgan fingerprint density at radius 1 is 1.21 bits per heavy atom. The van der Waals surface area contributed by atoms with E-state index < -0.39 is 6.10 Å². The lowest BCUT2D eigenvalue weighted by atomic mass is 10.1. The summed E-state index contributed by atoms with van der Waals surface area (Å²) in [6, 6.07) is 6.94. The van der Waals surface area contributed by atoms with Gasteiger partial charge in [0.2, 0.25) is 0 Å². The van der Waals surface area contributed by atoms with Gasteiger partial charge in [0, 0.05) is 6.54 Å². The largest absolute Gasteiger partial charge is 0.480 e. The molecule has 1 unspecified atom stereocenters. The Morgan fingerprint density at radius 2 is 1.84 bits per heavy atom. The number of ketones is 1. The smallest absolute Gasteiger partial charge is 0.260 e. The zero-order valence-electron chi connectivity index (χ0n) is 11.9. The maximum absolute atomic E-state index is 11.8. The molecule has 0 saturated heterocycles. The SMILES string of the molecule is CC(=O)c1ccccc1OC(C)C(=O)NCC(C)C. The summed E-state index contributed by atoms with van der Waals surface area (Å²) in [4.78, 5) is 23.3. The van der Waals surface area contributed by atoms with E-state index in [-0.39, 0.29) is 11.7 Å². The molecule has 1 aromatic rings. The second-order valence-corrected chi connectivity index (χ2v) is 4.95. The number of Topliss-reactive ketones (excluding diaryl/α,β-unsaturated/α-hetero) is 1. The molecule has 0 spiro atoms. The Balaban J connectivity index is 2.69. The molecule has 4 heteroatoms. The molecule has 0 heterocycles. The van der Waals surface area contributed by atoms with Crippen molar-refractivity contribution in [2.45, 2.75) is 33.8 Å². The van der Waals surface area contributed by atoms with Crippen LogP contribution < -0.4 is 10.1 Å². The van der Waals surface area contributed by atoms with E-state index in [1.165, 1.54) is 6.92 Å². The minimum atomic E-state index is -0.626. The molecule has 1 N–H and O–H groups in total.